The van der Waals surface area contributed by atoms with Crippen molar-refractivity contribution in [3.63, 3.8) is 0 Å². The molecule has 1 aromatic carbocycles. The number of hydrogen-bond donors (Lipinski definition) is 2. The highest BCUT2D eigenvalue weighted by molar-refractivity contribution is 9.10. The van der Waals surface area contributed by atoms with Gasteiger partial charge in [0.1, 0.15) is 0 Å². The van der Waals surface area contributed by atoms with Gasteiger partial charge in [0.15, 0.2) is 5.82 Å². The number of hydrogen-bond acceptors (Lipinski definition) is 2. The number of halogens is 2. The summed E-state index contributed by atoms with van der Waals surface area (Å²) in [5, 5.41) is 11.9. The number of nitrogens with one attached hydrogen (secondary N) is 1. The van der Waals surface area contributed by atoms with Crippen LogP contribution < -0.4 is 5.32 Å². The lowest BCUT2D eigenvalue weighted by atomic mass is 10.0. The smallest absolute Gasteiger partial charge is 0.336 e. The first-order valence-electron chi connectivity index (χ1n) is 5.94. The second kappa shape index (κ2) is 4.88. The first kappa shape index (κ1) is 13.3. The highest BCUT2D eigenvalue weighted by atomic mass is 79.9. The van der Waals surface area contributed by atoms with Gasteiger partial charge in [-0.15, -0.1) is 0 Å². The molecule has 98 valence electrons. The molecule has 0 saturated heterocycles. The number of carbonyl (C=O) groups is 1. The van der Waals surface area contributed by atoms with Crippen molar-refractivity contribution < 1.29 is 14.3 Å². The summed E-state index contributed by atoms with van der Waals surface area (Å²) in [5.41, 5.74) is 0.603. The van der Waals surface area contributed by atoms with Gasteiger partial charge in [0.2, 0.25) is 0 Å². The molecular formula is C13H15BrFNO2. The minimum atomic E-state index is -1.14. The normalized spacial score (nSPS) is 16.4. The number of rotatable bonds is 5. The Morgan fingerprint density at radius 1 is 1.56 bits per heavy atom. The fraction of sp³-hybridized carbons (Fsp3) is 0.462. The fourth-order valence-electron chi connectivity index (χ4n) is 1.97. The first-order chi connectivity index (χ1) is 8.49. The molecule has 3 nitrogen and oxygen atoms in total. The molecule has 1 saturated carbocycles. The average Bonchev–Trinajstić information content (AvgIpc) is 3.11. The van der Waals surface area contributed by atoms with Crippen LogP contribution in [0.1, 0.15) is 36.5 Å². The molecule has 0 amide bonds. The standard InChI is InChI=1S/C13H15BrFNO2/c1-2-13(5-6-13)7-16-9-4-3-8(12(17)18)10(14)11(9)15/h3-4,16H,2,5-7H2,1H3,(H,17,18). The molecule has 5 heteroatoms. The SMILES string of the molecule is CCC1(CNc2ccc(C(=O)O)c(Br)c2F)CC1. The zero-order valence-corrected chi connectivity index (χ0v) is 11.7. The van der Waals surface area contributed by atoms with Crippen molar-refractivity contribution in [2.24, 2.45) is 5.41 Å². The van der Waals surface area contributed by atoms with E-state index in [2.05, 4.69) is 28.2 Å². The van der Waals surface area contributed by atoms with Crippen LogP contribution in [0.15, 0.2) is 16.6 Å². The molecule has 1 aliphatic carbocycles. The summed E-state index contributed by atoms with van der Waals surface area (Å²) in [6, 6.07) is 2.89. The summed E-state index contributed by atoms with van der Waals surface area (Å²) < 4.78 is 14.0. The van der Waals surface area contributed by atoms with Gasteiger partial charge in [-0.05, 0) is 52.7 Å². The Labute approximate surface area is 114 Å². The molecule has 0 unspecified atom stereocenters. The molecule has 1 aliphatic rings. The topological polar surface area (TPSA) is 49.3 Å². The van der Waals surface area contributed by atoms with Crippen molar-refractivity contribution in [3.8, 4) is 0 Å². The summed E-state index contributed by atoms with van der Waals surface area (Å²) in [7, 11) is 0. The third kappa shape index (κ3) is 2.51. The summed E-state index contributed by atoms with van der Waals surface area (Å²) in [4.78, 5) is 10.8. The molecular weight excluding hydrogens is 301 g/mol. The van der Waals surface area contributed by atoms with Crippen LogP contribution in [-0.4, -0.2) is 17.6 Å². The van der Waals surface area contributed by atoms with Crippen LogP contribution in [-0.2, 0) is 0 Å². The van der Waals surface area contributed by atoms with Gasteiger partial charge < -0.3 is 10.4 Å². The maximum atomic E-state index is 13.9. The molecule has 18 heavy (non-hydrogen) atoms. The van der Waals surface area contributed by atoms with Crippen LogP contribution >= 0.6 is 15.9 Å². The second-order valence-corrected chi connectivity index (χ2v) is 5.59. The molecule has 2 rings (SSSR count). The quantitative estimate of drug-likeness (QED) is 0.866. The predicted octanol–water partition coefficient (Wildman–Crippen LogP) is 3.89. The van der Waals surface area contributed by atoms with E-state index in [1.165, 1.54) is 25.0 Å². The van der Waals surface area contributed by atoms with Gasteiger partial charge >= 0.3 is 5.97 Å². The van der Waals surface area contributed by atoms with E-state index in [9.17, 15) is 9.18 Å². The molecule has 1 fully saturated rings. The minimum Gasteiger partial charge on any atom is -0.478 e. The molecule has 0 bridgehead atoms. The predicted molar refractivity (Wildman–Crippen MR) is 71.5 cm³/mol. The van der Waals surface area contributed by atoms with Gasteiger partial charge in [0.25, 0.3) is 0 Å². The number of anilines is 1. The van der Waals surface area contributed by atoms with Gasteiger partial charge in [0.05, 0.1) is 15.7 Å². The summed E-state index contributed by atoms with van der Waals surface area (Å²) >= 11 is 2.99. The summed E-state index contributed by atoms with van der Waals surface area (Å²) in [6.45, 7) is 2.87. The maximum absolute atomic E-state index is 13.9. The van der Waals surface area contributed by atoms with Gasteiger partial charge in [-0.25, -0.2) is 9.18 Å². The lowest BCUT2D eigenvalue weighted by Crippen LogP contribution is -2.15. The zero-order chi connectivity index (χ0) is 13.3. The molecule has 1 aromatic rings. The van der Waals surface area contributed by atoms with E-state index in [4.69, 9.17) is 5.11 Å². The second-order valence-electron chi connectivity index (χ2n) is 4.80. The number of benzene rings is 1. The Hall–Kier alpha value is -1.10. The Kier molecular flexibility index (Phi) is 3.61. The lowest BCUT2D eigenvalue weighted by molar-refractivity contribution is 0.0695. The first-order valence-corrected chi connectivity index (χ1v) is 6.73. The highest BCUT2D eigenvalue weighted by Gasteiger charge is 2.40. The van der Waals surface area contributed by atoms with Crippen molar-refractivity contribution in [2.75, 3.05) is 11.9 Å². The zero-order valence-electron chi connectivity index (χ0n) is 10.1. The largest absolute Gasteiger partial charge is 0.478 e. The van der Waals surface area contributed by atoms with E-state index in [1.807, 2.05) is 0 Å². The molecule has 0 aliphatic heterocycles. The Bertz CT molecular complexity index is 486. The van der Waals surface area contributed by atoms with E-state index in [0.29, 0.717) is 11.1 Å². The molecule has 2 N–H and O–H groups in total. The van der Waals surface area contributed by atoms with Gasteiger partial charge in [-0.1, -0.05) is 6.92 Å². The lowest BCUT2D eigenvalue weighted by Gasteiger charge is -2.15. The van der Waals surface area contributed by atoms with Crippen LogP contribution in [0.4, 0.5) is 10.1 Å². The third-order valence-corrected chi connectivity index (χ3v) is 4.45. The van der Waals surface area contributed by atoms with E-state index in [1.54, 1.807) is 0 Å². The molecule has 0 heterocycles. The van der Waals surface area contributed by atoms with Crippen LogP contribution in [0.3, 0.4) is 0 Å². The highest BCUT2D eigenvalue weighted by Crippen LogP contribution is 2.48. The molecule has 0 atom stereocenters. The van der Waals surface area contributed by atoms with E-state index in [-0.39, 0.29) is 10.0 Å². The maximum Gasteiger partial charge on any atom is 0.336 e. The molecule has 0 aromatic heterocycles. The molecule has 0 radical (unpaired) electrons. The van der Waals surface area contributed by atoms with Crippen LogP contribution in [0.2, 0.25) is 0 Å². The Morgan fingerprint density at radius 2 is 2.22 bits per heavy atom. The van der Waals surface area contributed by atoms with Crippen molar-refractivity contribution in [1.29, 1.82) is 0 Å². The van der Waals surface area contributed by atoms with Crippen LogP contribution in [0, 0.1) is 11.2 Å². The fourth-order valence-corrected chi connectivity index (χ4v) is 2.48. The van der Waals surface area contributed by atoms with Crippen LogP contribution in [0.25, 0.3) is 0 Å². The van der Waals surface area contributed by atoms with Crippen molar-refractivity contribution in [3.05, 3.63) is 28.0 Å². The Balaban J connectivity index is 2.14. The Morgan fingerprint density at radius 3 is 2.72 bits per heavy atom. The molecule has 0 spiro atoms. The van der Waals surface area contributed by atoms with E-state index >= 15 is 0 Å². The average molecular weight is 316 g/mol. The van der Waals surface area contributed by atoms with Crippen molar-refractivity contribution in [2.45, 2.75) is 26.2 Å². The number of carboxylic acid groups (broad SMARTS) is 1. The van der Waals surface area contributed by atoms with E-state index < -0.39 is 11.8 Å². The summed E-state index contributed by atoms with van der Waals surface area (Å²) in [5.74, 6) is -1.68. The monoisotopic (exact) mass is 315 g/mol. The third-order valence-electron chi connectivity index (χ3n) is 3.67. The summed E-state index contributed by atoms with van der Waals surface area (Å²) in [6.07, 6.45) is 3.43. The van der Waals surface area contributed by atoms with Crippen molar-refractivity contribution in [1.82, 2.24) is 0 Å². The number of aromatic carboxylic acids is 1. The minimum absolute atomic E-state index is 0.00125. The van der Waals surface area contributed by atoms with Gasteiger partial charge in [0, 0.05) is 6.54 Å². The van der Waals surface area contributed by atoms with Gasteiger partial charge in [-0.3, -0.25) is 0 Å². The van der Waals surface area contributed by atoms with E-state index in [0.717, 1.165) is 13.0 Å². The van der Waals surface area contributed by atoms with Gasteiger partial charge in [-0.2, -0.15) is 0 Å². The van der Waals surface area contributed by atoms with Crippen LogP contribution in [0.5, 0.6) is 0 Å². The number of carboxylic acids is 1. The van der Waals surface area contributed by atoms with Crippen molar-refractivity contribution >= 4 is 27.6 Å².